The molecule has 1 aliphatic rings. The van der Waals surface area contributed by atoms with Crippen LogP contribution in [0.15, 0.2) is 24.3 Å². The molecule has 1 aliphatic heterocycles. The number of benzene rings is 1. The zero-order chi connectivity index (χ0) is 14.4. The van der Waals surface area contributed by atoms with Gasteiger partial charge >= 0.3 is 0 Å². The average molecular weight is 278 g/mol. The molecule has 0 spiro atoms. The van der Waals surface area contributed by atoms with Gasteiger partial charge in [0.15, 0.2) is 0 Å². The second-order valence-electron chi connectivity index (χ2n) is 5.01. The normalized spacial score (nSPS) is 17.1. The van der Waals surface area contributed by atoms with E-state index in [1.165, 1.54) is 5.56 Å². The lowest BCUT2D eigenvalue weighted by molar-refractivity contribution is 0.0953. The lowest BCUT2D eigenvalue weighted by Crippen LogP contribution is -2.46. The second-order valence-corrected chi connectivity index (χ2v) is 5.01. The molecule has 0 unspecified atom stereocenters. The summed E-state index contributed by atoms with van der Waals surface area (Å²) >= 11 is 0. The fourth-order valence-electron chi connectivity index (χ4n) is 2.42. The van der Waals surface area contributed by atoms with Gasteiger partial charge < -0.3 is 5.11 Å². The number of hydrogen-bond donors (Lipinski definition) is 3. The summed E-state index contributed by atoms with van der Waals surface area (Å²) < 4.78 is 0. The first kappa shape index (κ1) is 14.9. The van der Waals surface area contributed by atoms with Crippen LogP contribution >= 0.6 is 0 Å². The fourth-order valence-corrected chi connectivity index (χ4v) is 2.42. The van der Waals surface area contributed by atoms with Gasteiger partial charge in [-0.1, -0.05) is 12.1 Å². The molecule has 0 bridgehead atoms. The van der Waals surface area contributed by atoms with Crippen LogP contribution in [0.5, 0.6) is 0 Å². The van der Waals surface area contributed by atoms with Gasteiger partial charge in [-0.3, -0.25) is 20.0 Å². The number of β-amino-alcohol motifs (C(OH)–C–C–N with tert-alkyl or cyclic N) is 1. The van der Waals surface area contributed by atoms with Crippen molar-refractivity contribution in [1.29, 1.82) is 0 Å². The van der Waals surface area contributed by atoms with Crippen LogP contribution in [0.2, 0.25) is 0 Å². The Morgan fingerprint density at radius 3 is 2.30 bits per heavy atom. The minimum Gasteiger partial charge on any atom is -0.395 e. The first-order valence-corrected chi connectivity index (χ1v) is 6.88. The van der Waals surface area contributed by atoms with Gasteiger partial charge in [-0.2, -0.15) is 0 Å². The van der Waals surface area contributed by atoms with E-state index in [4.69, 9.17) is 10.9 Å². The quantitative estimate of drug-likeness (QED) is 0.381. The van der Waals surface area contributed by atoms with Gasteiger partial charge in [-0.15, -0.1) is 0 Å². The number of nitrogen functional groups attached to an aromatic ring is 1. The summed E-state index contributed by atoms with van der Waals surface area (Å²) in [6, 6.07) is 7.51. The van der Waals surface area contributed by atoms with Gasteiger partial charge in [0, 0.05) is 44.8 Å². The Morgan fingerprint density at radius 1 is 1.15 bits per heavy atom. The Hall–Kier alpha value is -1.47. The third-order valence-electron chi connectivity index (χ3n) is 3.63. The standard InChI is InChI=1S/C14H22N4O2/c15-16-14(20)13-3-1-12(2-4-13)11-18-7-5-17(6-8-18)9-10-19/h1-4,19H,5-11,15H2,(H,16,20). The maximum absolute atomic E-state index is 11.3. The molecule has 1 amide bonds. The van der Waals surface area contributed by atoms with Gasteiger partial charge in [-0.25, -0.2) is 5.84 Å². The molecule has 2 rings (SSSR count). The molecule has 110 valence electrons. The van der Waals surface area contributed by atoms with E-state index in [-0.39, 0.29) is 12.5 Å². The summed E-state index contributed by atoms with van der Waals surface area (Å²) in [5.74, 6) is 4.83. The monoisotopic (exact) mass is 278 g/mol. The number of piperazine rings is 1. The van der Waals surface area contributed by atoms with E-state index in [9.17, 15) is 4.79 Å². The van der Waals surface area contributed by atoms with Crippen LogP contribution < -0.4 is 11.3 Å². The van der Waals surface area contributed by atoms with E-state index in [0.717, 1.165) is 39.3 Å². The molecule has 0 aliphatic carbocycles. The van der Waals surface area contributed by atoms with Crippen molar-refractivity contribution in [2.75, 3.05) is 39.3 Å². The first-order valence-electron chi connectivity index (χ1n) is 6.88. The second kappa shape index (κ2) is 7.35. The smallest absolute Gasteiger partial charge is 0.265 e. The van der Waals surface area contributed by atoms with Crippen molar-refractivity contribution in [2.45, 2.75) is 6.54 Å². The molecule has 0 saturated carbocycles. The van der Waals surface area contributed by atoms with Gasteiger partial charge in [0.25, 0.3) is 5.91 Å². The van der Waals surface area contributed by atoms with Gasteiger partial charge in [-0.05, 0) is 17.7 Å². The summed E-state index contributed by atoms with van der Waals surface area (Å²) in [7, 11) is 0. The summed E-state index contributed by atoms with van der Waals surface area (Å²) in [4.78, 5) is 16.0. The molecule has 0 aromatic heterocycles. The number of aliphatic hydroxyl groups is 1. The van der Waals surface area contributed by atoms with Crippen LogP contribution in [-0.2, 0) is 6.54 Å². The van der Waals surface area contributed by atoms with Crippen molar-refractivity contribution < 1.29 is 9.90 Å². The molecule has 1 fully saturated rings. The highest BCUT2D eigenvalue weighted by Gasteiger charge is 2.16. The molecule has 20 heavy (non-hydrogen) atoms. The average Bonchev–Trinajstić information content (AvgIpc) is 2.49. The van der Waals surface area contributed by atoms with E-state index in [1.807, 2.05) is 12.1 Å². The number of hydrazine groups is 1. The molecular weight excluding hydrogens is 256 g/mol. The number of carbonyl (C=O) groups excluding carboxylic acids is 1. The predicted molar refractivity (Wildman–Crippen MR) is 76.9 cm³/mol. The Kier molecular flexibility index (Phi) is 5.49. The van der Waals surface area contributed by atoms with Crippen molar-refractivity contribution in [3.63, 3.8) is 0 Å². The van der Waals surface area contributed by atoms with Crippen LogP contribution in [0.3, 0.4) is 0 Å². The van der Waals surface area contributed by atoms with Crippen LogP contribution in [0.4, 0.5) is 0 Å². The highest BCUT2D eigenvalue weighted by atomic mass is 16.3. The van der Waals surface area contributed by atoms with Crippen LogP contribution in [0.1, 0.15) is 15.9 Å². The zero-order valence-corrected chi connectivity index (χ0v) is 11.6. The van der Waals surface area contributed by atoms with E-state index < -0.39 is 0 Å². The highest BCUT2D eigenvalue weighted by Crippen LogP contribution is 2.10. The number of hydrogen-bond acceptors (Lipinski definition) is 5. The Balaban J connectivity index is 1.84. The van der Waals surface area contributed by atoms with E-state index >= 15 is 0 Å². The van der Waals surface area contributed by atoms with Crippen molar-refractivity contribution in [1.82, 2.24) is 15.2 Å². The molecule has 6 heteroatoms. The number of nitrogens with zero attached hydrogens (tertiary/aromatic N) is 2. The van der Waals surface area contributed by atoms with E-state index in [1.54, 1.807) is 12.1 Å². The van der Waals surface area contributed by atoms with Crippen LogP contribution in [0, 0.1) is 0 Å². The van der Waals surface area contributed by atoms with Gasteiger partial charge in [0.1, 0.15) is 0 Å². The van der Waals surface area contributed by atoms with Crippen molar-refractivity contribution in [3.8, 4) is 0 Å². The lowest BCUT2D eigenvalue weighted by atomic mass is 10.1. The molecule has 0 radical (unpaired) electrons. The minimum atomic E-state index is -0.269. The predicted octanol–water partition coefficient (Wildman–Crippen LogP) is -0.600. The maximum atomic E-state index is 11.3. The lowest BCUT2D eigenvalue weighted by Gasteiger charge is -2.34. The molecule has 6 nitrogen and oxygen atoms in total. The molecule has 0 atom stereocenters. The summed E-state index contributed by atoms with van der Waals surface area (Å²) in [6.45, 7) is 5.87. The molecular formula is C14H22N4O2. The van der Waals surface area contributed by atoms with Crippen LogP contribution in [-0.4, -0.2) is 60.1 Å². The molecule has 4 N–H and O–H groups in total. The Morgan fingerprint density at radius 2 is 1.75 bits per heavy atom. The summed E-state index contributed by atoms with van der Waals surface area (Å²) in [6.07, 6.45) is 0. The first-order chi connectivity index (χ1) is 9.72. The van der Waals surface area contributed by atoms with Gasteiger partial charge in [0.05, 0.1) is 6.61 Å². The van der Waals surface area contributed by atoms with Gasteiger partial charge in [0.2, 0.25) is 0 Å². The molecule has 1 heterocycles. The summed E-state index contributed by atoms with van der Waals surface area (Å²) in [5.41, 5.74) is 3.89. The number of carbonyl (C=O) groups is 1. The largest absolute Gasteiger partial charge is 0.395 e. The van der Waals surface area contributed by atoms with Crippen molar-refractivity contribution >= 4 is 5.91 Å². The topological polar surface area (TPSA) is 81.8 Å². The fraction of sp³-hybridized carbons (Fsp3) is 0.500. The molecule has 1 aromatic rings. The Bertz CT molecular complexity index is 427. The number of nitrogens with one attached hydrogen (secondary N) is 1. The molecule has 1 aromatic carbocycles. The maximum Gasteiger partial charge on any atom is 0.265 e. The molecule has 1 saturated heterocycles. The van der Waals surface area contributed by atoms with Crippen molar-refractivity contribution in [2.24, 2.45) is 5.84 Å². The number of nitrogens with two attached hydrogens (primary N) is 1. The Labute approximate surface area is 119 Å². The SMILES string of the molecule is NNC(=O)c1ccc(CN2CCN(CCO)CC2)cc1. The number of rotatable bonds is 5. The van der Waals surface area contributed by atoms with E-state index in [0.29, 0.717) is 5.56 Å². The highest BCUT2D eigenvalue weighted by molar-refractivity contribution is 5.93. The minimum absolute atomic E-state index is 0.227. The number of aliphatic hydroxyl groups excluding tert-OH is 1. The third-order valence-corrected chi connectivity index (χ3v) is 3.63. The zero-order valence-electron chi connectivity index (χ0n) is 11.6. The van der Waals surface area contributed by atoms with E-state index in [2.05, 4.69) is 15.2 Å². The van der Waals surface area contributed by atoms with Crippen LogP contribution in [0.25, 0.3) is 0 Å². The number of amides is 1. The third kappa shape index (κ3) is 4.01. The van der Waals surface area contributed by atoms with Crippen molar-refractivity contribution in [3.05, 3.63) is 35.4 Å². The summed E-state index contributed by atoms with van der Waals surface area (Å²) in [5, 5.41) is 8.91.